The van der Waals surface area contributed by atoms with E-state index in [0.717, 1.165) is 50.3 Å². The van der Waals surface area contributed by atoms with E-state index in [1.54, 1.807) is 0 Å². The number of hydrogen-bond acceptors (Lipinski definition) is 7. The zero-order chi connectivity index (χ0) is 81.1. The van der Waals surface area contributed by atoms with E-state index in [-0.39, 0.29) is 0 Å². The van der Waals surface area contributed by atoms with Gasteiger partial charge in [0, 0.05) is 99.4 Å². The third-order valence-electron chi connectivity index (χ3n) is 24.9. The first-order valence-electron chi connectivity index (χ1n) is 41.7. The van der Waals surface area contributed by atoms with E-state index in [9.17, 15) is 0 Å². The predicted molar refractivity (Wildman–Crippen MR) is 530 cm³/mol. The minimum absolute atomic E-state index is 0.425. The summed E-state index contributed by atoms with van der Waals surface area (Å²) in [7, 11) is 0. The summed E-state index contributed by atoms with van der Waals surface area (Å²) in [5.41, 5.74) is 26.8. The number of aromatic nitrogens is 3. The lowest BCUT2D eigenvalue weighted by atomic mass is 9.67. The van der Waals surface area contributed by atoms with Gasteiger partial charge >= 0.3 is 0 Å². The van der Waals surface area contributed by atoms with Gasteiger partial charge in [0.1, 0.15) is 0 Å². The Morgan fingerprint density at radius 2 is 0.512 bits per heavy atom. The Morgan fingerprint density at radius 1 is 0.179 bits per heavy atom. The second-order valence-electron chi connectivity index (χ2n) is 31.8. The van der Waals surface area contributed by atoms with Crippen LogP contribution in [-0.2, 0) is 5.41 Å². The van der Waals surface area contributed by atoms with Crippen LogP contribution in [0.25, 0.3) is 214 Å². The molecule has 0 spiro atoms. The molecule has 25 aromatic rings. The molecule has 0 unspecified atom stereocenters. The van der Waals surface area contributed by atoms with Crippen molar-refractivity contribution in [3.63, 3.8) is 0 Å². The fourth-order valence-electron chi connectivity index (χ4n) is 19.2. The molecule has 3 nitrogen and oxygen atoms in total. The first-order valence-corrected chi connectivity index (χ1v) is 45.0. The molecule has 0 N–H and O–H groups in total. The van der Waals surface area contributed by atoms with Crippen LogP contribution in [0, 0.1) is 0 Å². The van der Waals surface area contributed by atoms with E-state index in [1.165, 1.54) is 186 Å². The van der Waals surface area contributed by atoms with Crippen molar-refractivity contribution in [3.05, 3.63) is 453 Å². The van der Waals surface area contributed by atoms with E-state index in [2.05, 4.69) is 431 Å². The quantitative estimate of drug-likeness (QED) is 0.145. The number of rotatable bonds is 9. The summed E-state index contributed by atoms with van der Waals surface area (Å²) in [6.45, 7) is 0. The molecular weight excluding hydrogens is 1560 g/mol. The van der Waals surface area contributed by atoms with Crippen molar-refractivity contribution in [3.8, 4) is 89.4 Å². The molecule has 0 aliphatic heterocycles. The van der Waals surface area contributed by atoms with Gasteiger partial charge in [-0.2, -0.15) is 0 Å². The van der Waals surface area contributed by atoms with Crippen LogP contribution in [-0.4, -0.2) is 15.0 Å². The predicted octanol–water partition coefficient (Wildman–Crippen LogP) is 33.4. The number of fused-ring (bicyclic) bond motifs is 22. The van der Waals surface area contributed by atoms with Crippen LogP contribution < -0.4 is 0 Å². The van der Waals surface area contributed by atoms with Crippen LogP contribution in [0.4, 0.5) is 0 Å². The van der Waals surface area contributed by atoms with E-state index in [0.29, 0.717) is 0 Å². The van der Waals surface area contributed by atoms with Crippen molar-refractivity contribution in [2.24, 2.45) is 0 Å². The van der Waals surface area contributed by atoms with Crippen molar-refractivity contribution >= 4 is 170 Å². The van der Waals surface area contributed by atoms with E-state index in [1.807, 2.05) is 45.3 Å². The number of thiophene rings is 4. The minimum Gasteiger partial charge on any atom is -0.246 e. The molecular formula is C116H71N3S4. The molecule has 574 valence electrons. The van der Waals surface area contributed by atoms with Gasteiger partial charge in [0.2, 0.25) is 0 Å². The lowest BCUT2D eigenvalue weighted by Gasteiger charge is -2.34. The van der Waals surface area contributed by atoms with Crippen molar-refractivity contribution in [2.75, 3.05) is 0 Å². The molecule has 1 aliphatic carbocycles. The molecule has 26 rings (SSSR count). The van der Waals surface area contributed by atoms with Crippen molar-refractivity contribution in [1.82, 2.24) is 15.0 Å². The Hall–Kier alpha value is -14.7. The summed E-state index contributed by atoms with van der Waals surface area (Å²) < 4.78 is 10.3. The Balaban J connectivity index is 0.000000105. The topological polar surface area (TPSA) is 38.7 Å². The van der Waals surface area contributed by atoms with Gasteiger partial charge < -0.3 is 0 Å². The SMILES string of the molecule is c1cc(-c2ccc(-c3ccc4ccccc4c3)cc2)cc(-c2nc3ccccc3c3c2sc2ccccc23)c1.c1cc(-c2ccc3c(c2)sc2ccccc23)cc(-c2nc3ccccc3c3c2sc2ccccc23)c1.c1ccc(C2(c3ccccc3)c3ccccc3-c3ccc(-c4cccc(-c5nc6ccccc6c6c5sc5ccccc56)c4)cc32)cc1. The first kappa shape index (κ1) is 72.4. The van der Waals surface area contributed by atoms with E-state index in [4.69, 9.17) is 15.0 Å². The monoisotopic (exact) mass is 1630 g/mol. The van der Waals surface area contributed by atoms with E-state index >= 15 is 0 Å². The smallest absolute Gasteiger partial charge is 0.0888 e. The maximum absolute atomic E-state index is 5.30. The van der Waals surface area contributed by atoms with Gasteiger partial charge in [-0.1, -0.05) is 352 Å². The van der Waals surface area contributed by atoms with Gasteiger partial charge in [0.25, 0.3) is 0 Å². The van der Waals surface area contributed by atoms with Crippen LogP contribution in [0.3, 0.4) is 0 Å². The molecule has 0 bridgehead atoms. The molecule has 123 heavy (non-hydrogen) atoms. The molecule has 18 aromatic carbocycles. The Kier molecular flexibility index (Phi) is 17.6. The second kappa shape index (κ2) is 29.9. The molecule has 0 atom stereocenters. The molecule has 0 saturated heterocycles. The number of para-hydroxylation sites is 3. The van der Waals surface area contributed by atoms with Crippen molar-refractivity contribution in [1.29, 1.82) is 0 Å². The van der Waals surface area contributed by atoms with Crippen LogP contribution in [0.1, 0.15) is 22.3 Å². The lowest BCUT2D eigenvalue weighted by Crippen LogP contribution is -2.28. The number of nitrogens with zero attached hydrogens (tertiary/aromatic N) is 3. The van der Waals surface area contributed by atoms with Crippen LogP contribution in [0.5, 0.6) is 0 Å². The summed E-state index contributed by atoms with van der Waals surface area (Å²) in [6.07, 6.45) is 0. The van der Waals surface area contributed by atoms with Gasteiger partial charge in [-0.3, -0.25) is 0 Å². The molecule has 0 fully saturated rings. The molecule has 7 heteroatoms. The maximum Gasteiger partial charge on any atom is 0.0888 e. The molecule has 0 radical (unpaired) electrons. The van der Waals surface area contributed by atoms with Crippen LogP contribution in [0.15, 0.2) is 431 Å². The fourth-order valence-corrected chi connectivity index (χ4v) is 24.0. The highest BCUT2D eigenvalue weighted by Crippen LogP contribution is 2.58. The maximum atomic E-state index is 5.30. The number of hydrogen-bond donors (Lipinski definition) is 0. The molecule has 7 heterocycles. The van der Waals surface area contributed by atoms with Gasteiger partial charge in [-0.15, -0.1) is 45.3 Å². The Bertz CT molecular complexity index is 8490. The minimum atomic E-state index is -0.425. The van der Waals surface area contributed by atoms with E-state index < -0.39 is 5.41 Å². The van der Waals surface area contributed by atoms with Gasteiger partial charge in [-0.25, -0.2) is 15.0 Å². The average Bonchev–Trinajstić information content (AvgIpc) is 1.52. The van der Waals surface area contributed by atoms with Crippen LogP contribution >= 0.6 is 45.3 Å². The largest absolute Gasteiger partial charge is 0.246 e. The summed E-state index contributed by atoms with van der Waals surface area (Å²) in [5, 5.41) is 16.7. The van der Waals surface area contributed by atoms with Gasteiger partial charge in [0.15, 0.2) is 0 Å². The van der Waals surface area contributed by atoms with Crippen molar-refractivity contribution in [2.45, 2.75) is 5.41 Å². The average molecular weight is 1640 g/mol. The zero-order valence-corrected chi connectivity index (χ0v) is 69.7. The highest BCUT2D eigenvalue weighted by atomic mass is 32.1. The summed E-state index contributed by atoms with van der Waals surface area (Å²) in [6, 6.07) is 156. The molecule has 0 amide bonds. The van der Waals surface area contributed by atoms with Crippen molar-refractivity contribution < 1.29 is 0 Å². The Morgan fingerprint density at radius 3 is 1.01 bits per heavy atom. The van der Waals surface area contributed by atoms with Crippen LogP contribution in [0.2, 0.25) is 0 Å². The molecule has 1 aliphatic rings. The second-order valence-corrected chi connectivity index (χ2v) is 36.1. The normalized spacial score (nSPS) is 12.3. The summed E-state index contributed by atoms with van der Waals surface area (Å²) >= 11 is 7.39. The fraction of sp³-hybridized carbons (Fsp3) is 0.00862. The third-order valence-corrected chi connectivity index (χ3v) is 29.5. The number of benzene rings is 18. The summed E-state index contributed by atoms with van der Waals surface area (Å²) in [5.74, 6) is 0. The third kappa shape index (κ3) is 12.3. The highest BCUT2D eigenvalue weighted by molar-refractivity contribution is 7.27. The first-order chi connectivity index (χ1) is 60.9. The standard InChI is InChI=1S/C46H29NS.C37H23NS.C33H19NS2/c1-3-16-33(17-4-1)46(34-18-5-2-6-19-34)39-23-10-7-20-35(39)36-27-26-31(29-40(36)46)30-14-13-15-32(28-30)44-45-43(37-21-8-11-24-41(37)47-44)38-22-9-12-25-42(38)48-45;1-2-9-27-22-29(21-20-24(27)8-1)26-18-16-25(17-19-26)28-10-7-11-30(23-28)36-37-35(31-12-3-5-14-33(31)38-36)32-13-4-6-15-34(32)39-37;1-4-13-27-25(11-1)31-26-12-3-6-15-29(26)36-33(31)32(34-27)22-9-7-8-20(18-22)21-16-17-24-23-10-2-5-14-28(23)35-30(24)19-21/h1-29H;1-23H;1-19H. The number of pyridine rings is 3. The molecule has 0 saturated carbocycles. The van der Waals surface area contributed by atoms with Gasteiger partial charge in [0.05, 0.1) is 53.1 Å². The lowest BCUT2D eigenvalue weighted by molar-refractivity contribution is 0.769. The Labute approximate surface area is 726 Å². The highest BCUT2D eigenvalue weighted by Gasteiger charge is 2.46. The van der Waals surface area contributed by atoms with Gasteiger partial charge in [-0.05, 0) is 168 Å². The summed E-state index contributed by atoms with van der Waals surface area (Å²) in [4.78, 5) is 15.7. The molecule has 7 aromatic heterocycles. The zero-order valence-electron chi connectivity index (χ0n) is 66.5.